The lowest BCUT2D eigenvalue weighted by atomic mass is 9.83. The average Bonchev–Trinajstić information content (AvgIpc) is 2.89. The van der Waals surface area contributed by atoms with E-state index in [2.05, 4.69) is 0 Å². The lowest BCUT2D eigenvalue weighted by molar-refractivity contribution is -0.692. The summed E-state index contributed by atoms with van der Waals surface area (Å²) in [6, 6.07) is 3.46. The number of aliphatic hydroxyl groups is 1. The van der Waals surface area contributed by atoms with Crippen LogP contribution in [0.3, 0.4) is 0 Å². The predicted octanol–water partition coefficient (Wildman–Crippen LogP) is -0.711. The number of carbonyl (C=O) groups is 2. The molecule has 0 aliphatic carbocycles. The highest BCUT2D eigenvalue weighted by Gasteiger charge is 2.55. The van der Waals surface area contributed by atoms with E-state index >= 15 is 0 Å². The van der Waals surface area contributed by atoms with E-state index in [-0.39, 0.29) is 17.6 Å². The second-order valence-electron chi connectivity index (χ2n) is 6.14. The van der Waals surface area contributed by atoms with Gasteiger partial charge < -0.3 is 24.6 Å². The van der Waals surface area contributed by atoms with Gasteiger partial charge in [-0.05, 0) is 13.0 Å². The summed E-state index contributed by atoms with van der Waals surface area (Å²) >= 11 is 1.41. The Kier molecular flexibility index (Phi) is 5.01. The van der Waals surface area contributed by atoms with Crippen LogP contribution in [0, 0.1) is 5.92 Å². The van der Waals surface area contributed by atoms with Crippen LogP contribution in [0.25, 0.3) is 0 Å². The fraction of sp³-hybridized carbons (Fsp3) is 0.471. The minimum atomic E-state index is -1.34. The molecular formula is C17H20N2O5S. The monoisotopic (exact) mass is 364 g/mol. The third-order valence-electron chi connectivity index (χ3n) is 4.57. The molecule has 3 rings (SSSR count). The number of fused-ring (bicyclic) bond motifs is 1. The van der Waals surface area contributed by atoms with E-state index in [0.29, 0.717) is 23.6 Å². The number of hydrogen-bond donors (Lipinski definition) is 1. The van der Waals surface area contributed by atoms with E-state index < -0.39 is 18.0 Å². The third kappa shape index (κ3) is 3.23. The topological polar surface area (TPSA) is 93.8 Å². The molecule has 0 radical (unpaired) electrons. The molecule has 2 aliphatic rings. The number of aliphatic hydroxyl groups excluding tert-OH is 1. The van der Waals surface area contributed by atoms with Crippen molar-refractivity contribution in [1.29, 1.82) is 0 Å². The first-order chi connectivity index (χ1) is 11.9. The number of carboxylic acid groups (broad SMARTS) is 1. The summed E-state index contributed by atoms with van der Waals surface area (Å²) in [5.74, 6) is -0.802. The largest absolute Gasteiger partial charge is 0.543 e. The zero-order valence-corrected chi connectivity index (χ0v) is 14.9. The summed E-state index contributed by atoms with van der Waals surface area (Å²) in [7, 11) is 1.60. The van der Waals surface area contributed by atoms with Crippen LogP contribution in [0.1, 0.15) is 13.3 Å². The molecule has 2 unspecified atom stereocenters. The Labute approximate surface area is 149 Å². The Morgan fingerprint density at radius 1 is 1.60 bits per heavy atom. The number of nitrogens with zero attached hydrogens (tertiary/aromatic N) is 2. The van der Waals surface area contributed by atoms with Crippen molar-refractivity contribution in [2.75, 3.05) is 12.9 Å². The van der Waals surface area contributed by atoms with Crippen LogP contribution >= 0.6 is 11.8 Å². The Balaban J connectivity index is 1.67. The van der Waals surface area contributed by atoms with E-state index in [1.54, 1.807) is 14.0 Å². The molecule has 1 aromatic rings. The normalized spacial score (nSPS) is 23.3. The van der Waals surface area contributed by atoms with Gasteiger partial charge in [0.15, 0.2) is 18.5 Å². The lowest BCUT2D eigenvalue weighted by Gasteiger charge is -2.45. The maximum atomic E-state index is 12.1. The van der Waals surface area contributed by atoms with Crippen LogP contribution in [-0.4, -0.2) is 46.9 Å². The van der Waals surface area contributed by atoms with Gasteiger partial charge in [0.25, 0.3) is 0 Å². The number of amides is 1. The molecule has 8 heteroatoms. The first-order valence-corrected chi connectivity index (χ1v) is 9.04. The molecule has 2 aliphatic heterocycles. The number of aromatic nitrogens is 1. The van der Waals surface area contributed by atoms with Crippen molar-refractivity contribution in [3.63, 3.8) is 0 Å². The Bertz CT molecular complexity index is 734. The van der Waals surface area contributed by atoms with Crippen molar-refractivity contribution in [2.45, 2.75) is 32.0 Å². The smallest absolute Gasteiger partial charge is 0.235 e. The van der Waals surface area contributed by atoms with Gasteiger partial charge in [0.1, 0.15) is 0 Å². The zero-order chi connectivity index (χ0) is 18.1. The number of pyridine rings is 1. The van der Waals surface area contributed by atoms with Gasteiger partial charge in [0, 0.05) is 17.4 Å². The summed E-state index contributed by atoms with van der Waals surface area (Å²) in [6.07, 6.45) is 3.45. The minimum absolute atomic E-state index is 0.0347. The molecule has 134 valence electrons. The number of β-lactam (4-membered cyclic amide) rings is 1. The van der Waals surface area contributed by atoms with Crippen molar-refractivity contribution in [3.05, 3.63) is 35.1 Å². The minimum Gasteiger partial charge on any atom is -0.543 e. The highest BCUT2D eigenvalue weighted by atomic mass is 32.2. The summed E-state index contributed by atoms with van der Waals surface area (Å²) in [6.45, 7) is 2.23. The first kappa shape index (κ1) is 17.8. The van der Waals surface area contributed by atoms with Crippen LogP contribution in [0.4, 0.5) is 0 Å². The quantitative estimate of drug-likeness (QED) is 0.507. The average molecular weight is 364 g/mol. The molecule has 0 aromatic carbocycles. The molecule has 1 saturated heterocycles. The second-order valence-corrected chi connectivity index (χ2v) is 7.33. The number of carbonyl (C=O) groups excluding carboxylic acids is 2. The van der Waals surface area contributed by atoms with Gasteiger partial charge in [0.2, 0.25) is 12.1 Å². The van der Waals surface area contributed by atoms with Gasteiger partial charge in [0.05, 0.1) is 42.6 Å². The summed E-state index contributed by atoms with van der Waals surface area (Å²) < 4.78 is 7.13. The number of thioether (sulfide) groups is 1. The maximum absolute atomic E-state index is 12.1. The van der Waals surface area contributed by atoms with Crippen molar-refractivity contribution in [1.82, 2.24) is 4.90 Å². The zero-order valence-electron chi connectivity index (χ0n) is 14.0. The number of rotatable bonds is 7. The van der Waals surface area contributed by atoms with Crippen molar-refractivity contribution < 1.29 is 29.1 Å². The lowest BCUT2D eigenvalue weighted by Crippen LogP contribution is -2.62. The summed E-state index contributed by atoms with van der Waals surface area (Å²) in [4.78, 5) is 25.5. The van der Waals surface area contributed by atoms with E-state index in [1.165, 1.54) is 16.7 Å². The molecule has 3 atom stereocenters. The summed E-state index contributed by atoms with van der Waals surface area (Å²) in [5, 5.41) is 21.2. The van der Waals surface area contributed by atoms with Crippen molar-refractivity contribution >= 4 is 23.6 Å². The van der Waals surface area contributed by atoms with Crippen molar-refractivity contribution in [3.8, 4) is 5.75 Å². The van der Waals surface area contributed by atoms with E-state index in [9.17, 15) is 19.8 Å². The molecule has 3 heterocycles. The van der Waals surface area contributed by atoms with Crippen LogP contribution < -0.4 is 14.4 Å². The predicted molar refractivity (Wildman–Crippen MR) is 88.1 cm³/mol. The molecule has 0 spiro atoms. The summed E-state index contributed by atoms with van der Waals surface area (Å²) in [5.41, 5.74) is -0.0347. The molecule has 1 aromatic heterocycles. The van der Waals surface area contributed by atoms with Gasteiger partial charge in [-0.15, -0.1) is 11.8 Å². The highest BCUT2D eigenvalue weighted by molar-refractivity contribution is 8.03. The molecule has 25 heavy (non-hydrogen) atoms. The van der Waals surface area contributed by atoms with E-state index in [1.807, 2.05) is 29.1 Å². The number of aliphatic carboxylic acids is 1. The van der Waals surface area contributed by atoms with Crippen molar-refractivity contribution in [2.24, 2.45) is 5.92 Å². The van der Waals surface area contributed by atoms with E-state index in [4.69, 9.17) is 4.74 Å². The number of methoxy groups -OCH3 is 1. The van der Waals surface area contributed by atoms with Gasteiger partial charge in [-0.2, -0.15) is 0 Å². The molecule has 7 nitrogen and oxygen atoms in total. The Morgan fingerprint density at radius 3 is 3.00 bits per heavy atom. The first-order valence-electron chi connectivity index (χ1n) is 8.05. The fourth-order valence-corrected chi connectivity index (χ4v) is 4.54. The molecule has 1 N–H and O–H groups in total. The number of ether oxygens (including phenoxy) is 1. The van der Waals surface area contributed by atoms with E-state index in [0.717, 1.165) is 5.75 Å². The Hall–Kier alpha value is -2.06. The standard InChI is InChI=1S/C17H20N2O5S/c1-10(20)14-12-8-13(15(17(22)23)19(12)16(14)21)25-7-6-18-5-3-4-11(9-18)24-2/h3-5,9-10,12,14,20H,6-8H2,1-2H3/t10-,12?,14?/m1/s1. The fourth-order valence-electron chi connectivity index (χ4n) is 3.38. The third-order valence-corrected chi connectivity index (χ3v) is 5.67. The molecular weight excluding hydrogens is 344 g/mol. The molecule has 1 amide bonds. The molecule has 0 saturated carbocycles. The van der Waals surface area contributed by atoms with Gasteiger partial charge in [-0.25, -0.2) is 4.57 Å². The maximum Gasteiger partial charge on any atom is 0.235 e. The molecule has 1 fully saturated rings. The number of hydrogen-bond acceptors (Lipinski definition) is 6. The second kappa shape index (κ2) is 7.05. The molecule has 0 bridgehead atoms. The van der Waals surface area contributed by atoms with Crippen LogP contribution in [0.15, 0.2) is 35.1 Å². The number of aryl methyl sites for hydroxylation is 1. The van der Waals surface area contributed by atoms with Crippen LogP contribution in [0.5, 0.6) is 5.75 Å². The van der Waals surface area contributed by atoms with Crippen LogP contribution in [-0.2, 0) is 16.1 Å². The SMILES string of the molecule is COc1ccc[n+](CCSC2=C(C(=O)[O-])N3C(=O)C([C@@H](C)O)C3C2)c1. The highest BCUT2D eigenvalue weighted by Crippen LogP contribution is 2.46. The van der Waals surface area contributed by atoms with Gasteiger partial charge in [-0.3, -0.25) is 4.79 Å². The number of carboxylic acids is 1. The Morgan fingerprint density at radius 2 is 2.36 bits per heavy atom. The van der Waals surface area contributed by atoms with Crippen LogP contribution in [0.2, 0.25) is 0 Å². The van der Waals surface area contributed by atoms with Gasteiger partial charge >= 0.3 is 0 Å². The van der Waals surface area contributed by atoms with Gasteiger partial charge in [-0.1, -0.05) is 0 Å².